The Morgan fingerprint density at radius 2 is 1.76 bits per heavy atom. The van der Waals surface area contributed by atoms with Crippen LogP contribution in [0.5, 0.6) is 0 Å². The lowest BCUT2D eigenvalue weighted by molar-refractivity contribution is 0.0772. The summed E-state index contributed by atoms with van der Waals surface area (Å²) in [6.45, 7) is 7.21. The summed E-state index contributed by atoms with van der Waals surface area (Å²) >= 11 is 6.24. The minimum Gasteiger partial charge on any atom is -0.339 e. The van der Waals surface area contributed by atoms with E-state index in [4.69, 9.17) is 11.6 Å². The largest absolute Gasteiger partial charge is 0.339 e. The molecule has 0 aliphatic carbocycles. The number of hydrogen-bond donors (Lipinski definition) is 0. The number of nitrogens with zero attached hydrogens (tertiary/aromatic N) is 2. The Balaban J connectivity index is 2.39. The molecule has 3 nitrogen and oxygen atoms in total. The minimum absolute atomic E-state index is 0.00993. The van der Waals surface area contributed by atoms with Crippen LogP contribution in [-0.4, -0.2) is 28.9 Å². The van der Waals surface area contributed by atoms with Crippen molar-refractivity contribution in [3.63, 3.8) is 0 Å². The first-order valence-corrected chi connectivity index (χ1v) is 8.89. The first kappa shape index (κ1) is 17.4. The second kappa shape index (κ2) is 7.24. The van der Waals surface area contributed by atoms with E-state index in [-0.39, 0.29) is 5.91 Å². The predicted octanol–water partition coefficient (Wildman–Crippen LogP) is 5.35. The number of amides is 1. The van der Waals surface area contributed by atoms with Crippen molar-refractivity contribution in [3.05, 3.63) is 64.8 Å². The highest BCUT2D eigenvalue weighted by atomic mass is 35.5. The molecule has 0 spiro atoms. The molecule has 0 radical (unpaired) electrons. The van der Waals surface area contributed by atoms with Crippen LogP contribution in [0.1, 0.15) is 29.9 Å². The van der Waals surface area contributed by atoms with Crippen LogP contribution in [0.15, 0.2) is 48.5 Å². The van der Waals surface area contributed by atoms with Crippen molar-refractivity contribution in [2.45, 2.75) is 20.8 Å². The lowest BCUT2D eigenvalue weighted by atomic mass is 9.93. The van der Waals surface area contributed by atoms with E-state index in [0.29, 0.717) is 23.7 Å². The summed E-state index contributed by atoms with van der Waals surface area (Å²) in [4.78, 5) is 19.7. The van der Waals surface area contributed by atoms with Crippen molar-refractivity contribution in [1.29, 1.82) is 0 Å². The Morgan fingerprint density at radius 1 is 1.08 bits per heavy atom. The lowest BCUT2D eigenvalue weighted by Crippen LogP contribution is -2.31. The van der Waals surface area contributed by atoms with Gasteiger partial charge < -0.3 is 4.90 Å². The van der Waals surface area contributed by atoms with Crippen molar-refractivity contribution in [2.24, 2.45) is 0 Å². The number of halogens is 1. The molecular formula is C21H21ClN2O. The molecule has 25 heavy (non-hydrogen) atoms. The van der Waals surface area contributed by atoms with E-state index in [1.54, 1.807) is 0 Å². The molecule has 0 aliphatic heterocycles. The maximum atomic E-state index is 13.2. The van der Waals surface area contributed by atoms with Crippen LogP contribution < -0.4 is 0 Å². The van der Waals surface area contributed by atoms with E-state index in [2.05, 4.69) is 4.98 Å². The molecule has 4 heteroatoms. The second-order valence-corrected chi connectivity index (χ2v) is 6.39. The maximum Gasteiger partial charge on any atom is 0.256 e. The van der Waals surface area contributed by atoms with Gasteiger partial charge in [-0.05, 0) is 44.5 Å². The van der Waals surface area contributed by atoms with Gasteiger partial charge in [-0.1, -0.05) is 41.9 Å². The van der Waals surface area contributed by atoms with Gasteiger partial charge in [-0.15, -0.1) is 0 Å². The fourth-order valence-corrected chi connectivity index (χ4v) is 3.37. The first-order valence-electron chi connectivity index (χ1n) is 8.51. The van der Waals surface area contributed by atoms with Gasteiger partial charge in [0, 0.05) is 29.1 Å². The van der Waals surface area contributed by atoms with Crippen LogP contribution in [0.4, 0.5) is 0 Å². The number of benzene rings is 2. The Bertz CT molecular complexity index is 918. The van der Waals surface area contributed by atoms with Crippen LogP contribution in [0.25, 0.3) is 22.0 Å². The van der Waals surface area contributed by atoms with Crippen LogP contribution in [0.3, 0.4) is 0 Å². The van der Waals surface area contributed by atoms with Crippen LogP contribution >= 0.6 is 11.6 Å². The molecule has 1 amide bonds. The van der Waals surface area contributed by atoms with E-state index < -0.39 is 0 Å². The molecule has 0 saturated heterocycles. The molecule has 0 N–H and O–H groups in total. The smallest absolute Gasteiger partial charge is 0.256 e. The summed E-state index contributed by atoms with van der Waals surface area (Å²) in [7, 11) is 0. The fraction of sp³-hybridized carbons (Fsp3) is 0.238. The van der Waals surface area contributed by atoms with Gasteiger partial charge in [0.2, 0.25) is 0 Å². The molecule has 0 saturated carbocycles. The summed E-state index contributed by atoms with van der Waals surface area (Å²) in [5, 5.41) is 1.54. The van der Waals surface area contributed by atoms with E-state index in [0.717, 1.165) is 27.7 Å². The molecule has 0 aliphatic rings. The SMILES string of the molecule is CCN(CC)C(=O)c1c(C)nc2ccc(Cl)cc2c1-c1ccccc1. The number of aryl methyl sites for hydroxylation is 1. The zero-order chi connectivity index (χ0) is 18.0. The molecule has 128 valence electrons. The quantitative estimate of drug-likeness (QED) is 0.634. The number of fused-ring (bicyclic) bond motifs is 1. The Morgan fingerprint density at radius 3 is 2.40 bits per heavy atom. The highest BCUT2D eigenvalue weighted by Gasteiger charge is 2.23. The van der Waals surface area contributed by atoms with Gasteiger partial charge in [-0.2, -0.15) is 0 Å². The van der Waals surface area contributed by atoms with E-state index in [9.17, 15) is 4.79 Å². The average molecular weight is 353 g/mol. The number of hydrogen-bond acceptors (Lipinski definition) is 2. The maximum absolute atomic E-state index is 13.2. The van der Waals surface area contributed by atoms with E-state index >= 15 is 0 Å². The van der Waals surface area contributed by atoms with Gasteiger partial charge >= 0.3 is 0 Å². The van der Waals surface area contributed by atoms with E-state index in [1.807, 2.05) is 74.2 Å². The number of carbonyl (C=O) groups is 1. The summed E-state index contributed by atoms with van der Waals surface area (Å²) < 4.78 is 0. The standard InChI is InChI=1S/C21H21ClN2O/c1-4-24(5-2)21(25)19-14(3)23-18-12-11-16(22)13-17(18)20(19)15-9-7-6-8-10-15/h6-13H,4-5H2,1-3H3. The zero-order valence-electron chi connectivity index (χ0n) is 14.7. The molecule has 3 rings (SSSR count). The van der Waals surface area contributed by atoms with Gasteiger partial charge in [0.25, 0.3) is 5.91 Å². The topological polar surface area (TPSA) is 33.2 Å². The van der Waals surface area contributed by atoms with Crippen molar-refractivity contribution in [1.82, 2.24) is 9.88 Å². The molecule has 2 aromatic carbocycles. The monoisotopic (exact) mass is 352 g/mol. The van der Waals surface area contributed by atoms with E-state index in [1.165, 1.54) is 0 Å². The van der Waals surface area contributed by atoms with Gasteiger partial charge in [0.1, 0.15) is 0 Å². The third kappa shape index (κ3) is 3.24. The summed E-state index contributed by atoms with van der Waals surface area (Å²) in [5.74, 6) is 0.00993. The van der Waals surface area contributed by atoms with Crippen molar-refractivity contribution >= 4 is 28.4 Å². The molecule has 0 bridgehead atoms. The van der Waals surface area contributed by atoms with Gasteiger partial charge in [-0.3, -0.25) is 9.78 Å². The first-order chi connectivity index (χ1) is 12.1. The predicted molar refractivity (Wildman–Crippen MR) is 104 cm³/mol. The summed E-state index contributed by atoms with van der Waals surface area (Å²) in [6.07, 6.45) is 0. The molecule has 1 heterocycles. The highest BCUT2D eigenvalue weighted by Crippen LogP contribution is 2.35. The molecule has 0 atom stereocenters. The number of carbonyl (C=O) groups excluding carboxylic acids is 1. The fourth-order valence-electron chi connectivity index (χ4n) is 3.19. The molecule has 1 aromatic heterocycles. The normalized spacial score (nSPS) is 10.9. The third-order valence-electron chi connectivity index (χ3n) is 4.45. The molecule has 0 unspecified atom stereocenters. The number of aromatic nitrogens is 1. The number of rotatable bonds is 4. The van der Waals surface area contributed by atoms with Crippen LogP contribution in [-0.2, 0) is 0 Å². The number of pyridine rings is 1. The van der Waals surface area contributed by atoms with Gasteiger partial charge in [-0.25, -0.2) is 0 Å². The average Bonchev–Trinajstić information content (AvgIpc) is 2.62. The Hall–Kier alpha value is -2.39. The highest BCUT2D eigenvalue weighted by molar-refractivity contribution is 6.31. The second-order valence-electron chi connectivity index (χ2n) is 5.95. The van der Waals surface area contributed by atoms with Gasteiger partial charge in [0.15, 0.2) is 0 Å². The molecular weight excluding hydrogens is 332 g/mol. The van der Waals surface area contributed by atoms with Crippen molar-refractivity contribution in [3.8, 4) is 11.1 Å². The van der Waals surface area contributed by atoms with Crippen LogP contribution in [0.2, 0.25) is 5.02 Å². The van der Waals surface area contributed by atoms with Crippen LogP contribution in [0, 0.1) is 6.92 Å². The van der Waals surface area contributed by atoms with Crippen molar-refractivity contribution < 1.29 is 4.79 Å². The minimum atomic E-state index is 0.00993. The van der Waals surface area contributed by atoms with Crippen molar-refractivity contribution in [2.75, 3.05) is 13.1 Å². The summed E-state index contributed by atoms with van der Waals surface area (Å²) in [5.41, 5.74) is 4.14. The zero-order valence-corrected chi connectivity index (χ0v) is 15.5. The lowest BCUT2D eigenvalue weighted by Gasteiger charge is -2.22. The third-order valence-corrected chi connectivity index (χ3v) is 4.69. The van der Waals surface area contributed by atoms with Gasteiger partial charge in [0.05, 0.1) is 16.8 Å². The Labute approximate surface area is 153 Å². The molecule has 3 aromatic rings. The Kier molecular flexibility index (Phi) is 5.05. The summed E-state index contributed by atoms with van der Waals surface area (Å²) in [6, 6.07) is 15.6. The molecule has 0 fully saturated rings.